The molecule has 2 aromatic carbocycles. The Morgan fingerprint density at radius 1 is 1.11 bits per heavy atom. The van der Waals surface area contributed by atoms with Crippen molar-refractivity contribution in [3.63, 3.8) is 0 Å². The van der Waals surface area contributed by atoms with Crippen LogP contribution < -0.4 is 9.46 Å². The van der Waals surface area contributed by atoms with Crippen molar-refractivity contribution in [2.45, 2.75) is 49.5 Å². The predicted molar refractivity (Wildman–Crippen MR) is 132 cm³/mol. The second kappa shape index (κ2) is 8.86. The van der Waals surface area contributed by atoms with Gasteiger partial charge in [0.2, 0.25) is 10.0 Å². The van der Waals surface area contributed by atoms with Gasteiger partial charge in [-0.25, -0.2) is 8.42 Å². The van der Waals surface area contributed by atoms with Gasteiger partial charge < -0.3 is 18.8 Å². The highest BCUT2D eigenvalue weighted by molar-refractivity contribution is 7.93. The normalized spacial score (nSPS) is 20.5. The van der Waals surface area contributed by atoms with Gasteiger partial charge in [0.15, 0.2) is 0 Å². The summed E-state index contributed by atoms with van der Waals surface area (Å²) < 4.78 is 46.2. The van der Waals surface area contributed by atoms with Crippen molar-refractivity contribution in [2.75, 3.05) is 24.7 Å². The summed E-state index contributed by atoms with van der Waals surface area (Å²) in [6.45, 7) is 1.20. The van der Waals surface area contributed by atoms with E-state index in [2.05, 4.69) is 15.4 Å². The third-order valence-corrected chi connectivity index (χ3v) is 8.90. The summed E-state index contributed by atoms with van der Waals surface area (Å²) in [4.78, 5) is 0. The highest BCUT2D eigenvalue weighted by Gasteiger charge is 2.35. The third kappa shape index (κ3) is 4.27. The molecule has 2 heterocycles. The quantitative estimate of drug-likeness (QED) is 0.494. The number of sulfonamides is 1. The topological polar surface area (TPSA) is 103 Å². The number of nitriles is 1. The SMILES string of the molecule is N#Cc1c(-c2ccc(NS(=O)(=O)C3CC3)cc2)n(C2CCC2)c2ccc(OCC3COCO3)cc12. The lowest BCUT2D eigenvalue weighted by Crippen LogP contribution is -2.19. The van der Waals surface area contributed by atoms with E-state index in [-0.39, 0.29) is 11.4 Å². The lowest BCUT2D eigenvalue weighted by molar-refractivity contribution is 0.0320. The molecule has 0 spiro atoms. The fourth-order valence-corrected chi connectivity index (χ4v) is 6.17. The van der Waals surface area contributed by atoms with Crippen LogP contribution >= 0.6 is 0 Å². The molecule has 0 radical (unpaired) electrons. The smallest absolute Gasteiger partial charge is 0.235 e. The first-order valence-electron chi connectivity index (χ1n) is 12.1. The molecule has 1 saturated heterocycles. The van der Waals surface area contributed by atoms with E-state index in [0.29, 0.717) is 55.9 Å². The van der Waals surface area contributed by atoms with Crippen molar-refractivity contribution >= 4 is 26.6 Å². The molecule has 3 aromatic rings. The molecule has 182 valence electrons. The summed E-state index contributed by atoms with van der Waals surface area (Å²) in [6.07, 6.45) is 4.64. The standard InChI is InChI=1S/C26H27N3O5S/c27-13-24-23-12-20(33-15-21-14-32-16-34-21)8-11-25(23)29(19-2-1-3-19)26(24)17-4-6-18(7-5-17)28-35(30,31)22-9-10-22/h4-8,11-12,19,21-22,28H,1-3,9-10,14-16H2. The van der Waals surface area contributed by atoms with Crippen molar-refractivity contribution in [3.05, 3.63) is 48.0 Å². The van der Waals surface area contributed by atoms with Gasteiger partial charge in [-0.05, 0) is 68.0 Å². The summed E-state index contributed by atoms with van der Waals surface area (Å²) in [6, 6.07) is 16.0. The number of anilines is 1. The van der Waals surface area contributed by atoms with Gasteiger partial charge in [0, 0.05) is 17.1 Å². The van der Waals surface area contributed by atoms with Gasteiger partial charge in [-0.15, -0.1) is 0 Å². The molecular weight excluding hydrogens is 466 g/mol. The average molecular weight is 494 g/mol. The minimum Gasteiger partial charge on any atom is -0.491 e. The van der Waals surface area contributed by atoms with E-state index in [1.54, 1.807) is 12.1 Å². The van der Waals surface area contributed by atoms with E-state index in [1.807, 2.05) is 30.3 Å². The Bertz CT molecular complexity index is 1390. The Morgan fingerprint density at radius 2 is 1.91 bits per heavy atom. The summed E-state index contributed by atoms with van der Waals surface area (Å²) in [5.41, 5.74) is 3.91. The van der Waals surface area contributed by atoms with Crippen molar-refractivity contribution in [1.29, 1.82) is 5.26 Å². The van der Waals surface area contributed by atoms with Crippen molar-refractivity contribution in [3.8, 4) is 23.1 Å². The number of hydrogen-bond acceptors (Lipinski definition) is 6. The molecule has 3 aliphatic rings. The number of fused-ring (bicyclic) bond motifs is 1. The molecule has 1 N–H and O–H groups in total. The molecule has 1 atom stereocenters. The molecule has 1 aromatic heterocycles. The van der Waals surface area contributed by atoms with Gasteiger partial charge in [0.05, 0.1) is 28.6 Å². The molecule has 0 bridgehead atoms. The van der Waals surface area contributed by atoms with Gasteiger partial charge in [-0.2, -0.15) is 5.26 Å². The summed E-state index contributed by atoms with van der Waals surface area (Å²) in [7, 11) is -3.32. The highest BCUT2D eigenvalue weighted by Crippen LogP contribution is 2.43. The fraction of sp³-hybridized carbons (Fsp3) is 0.423. The maximum Gasteiger partial charge on any atom is 0.235 e. The van der Waals surface area contributed by atoms with Crippen LogP contribution in [0.5, 0.6) is 5.75 Å². The molecule has 1 unspecified atom stereocenters. The van der Waals surface area contributed by atoms with Crippen LogP contribution in [0.1, 0.15) is 43.7 Å². The van der Waals surface area contributed by atoms with E-state index in [4.69, 9.17) is 14.2 Å². The third-order valence-electron chi connectivity index (χ3n) is 7.03. The van der Waals surface area contributed by atoms with Crippen LogP contribution in [0.3, 0.4) is 0 Å². The zero-order valence-corrected chi connectivity index (χ0v) is 20.1. The number of hydrogen-bond donors (Lipinski definition) is 1. The molecule has 0 amide bonds. The maximum absolute atomic E-state index is 12.3. The number of nitrogens with one attached hydrogen (secondary N) is 1. The Labute approximate surface area is 204 Å². The summed E-state index contributed by atoms with van der Waals surface area (Å²) in [5, 5.41) is 10.8. The zero-order chi connectivity index (χ0) is 24.0. The summed E-state index contributed by atoms with van der Waals surface area (Å²) in [5.74, 6) is 0.687. The molecular formula is C26H27N3O5S. The van der Waals surface area contributed by atoms with Crippen LogP contribution in [0.4, 0.5) is 5.69 Å². The second-order valence-electron chi connectivity index (χ2n) is 9.48. The van der Waals surface area contributed by atoms with Crippen molar-refractivity contribution in [2.24, 2.45) is 0 Å². The van der Waals surface area contributed by atoms with E-state index in [1.165, 1.54) is 0 Å². The van der Waals surface area contributed by atoms with Gasteiger partial charge in [-0.1, -0.05) is 12.1 Å². The Hall–Kier alpha value is -3.06. The molecule has 9 heteroatoms. The molecule has 3 fully saturated rings. The van der Waals surface area contributed by atoms with Gasteiger partial charge in [0.1, 0.15) is 31.3 Å². The molecule has 35 heavy (non-hydrogen) atoms. The second-order valence-corrected chi connectivity index (χ2v) is 11.4. The number of ether oxygens (including phenoxy) is 3. The Balaban J connectivity index is 1.36. The van der Waals surface area contributed by atoms with Crippen LogP contribution in [0.15, 0.2) is 42.5 Å². The Morgan fingerprint density at radius 3 is 2.54 bits per heavy atom. The van der Waals surface area contributed by atoms with Gasteiger partial charge in [-0.3, -0.25) is 4.72 Å². The van der Waals surface area contributed by atoms with E-state index in [0.717, 1.165) is 41.4 Å². The van der Waals surface area contributed by atoms with E-state index < -0.39 is 10.0 Å². The predicted octanol–water partition coefficient (Wildman–Crippen LogP) is 4.56. The minimum atomic E-state index is -3.32. The van der Waals surface area contributed by atoms with Crippen molar-refractivity contribution in [1.82, 2.24) is 4.57 Å². The van der Waals surface area contributed by atoms with Crippen LogP contribution in [-0.4, -0.2) is 44.3 Å². The maximum atomic E-state index is 12.3. The average Bonchev–Trinajstić information content (AvgIpc) is 3.48. The van der Waals surface area contributed by atoms with Crippen LogP contribution in [0, 0.1) is 11.3 Å². The number of rotatable bonds is 8. The fourth-order valence-electron chi connectivity index (χ4n) is 4.78. The van der Waals surface area contributed by atoms with Crippen molar-refractivity contribution < 1.29 is 22.6 Å². The lowest BCUT2D eigenvalue weighted by atomic mass is 9.92. The largest absolute Gasteiger partial charge is 0.491 e. The lowest BCUT2D eigenvalue weighted by Gasteiger charge is -2.30. The Kier molecular flexibility index (Phi) is 5.67. The minimum absolute atomic E-state index is 0.0906. The monoisotopic (exact) mass is 493 g/mol. The van der Waals surface area contributed by atoms with E-state index in [9.17, 15) is 13.7 Å². The first-order chi connectivity index (χ1) is 17.0. The molecule has 6 rings (SSSR count). The molecule has 1 aliphatic heterocycles. The first kappa shape index (κ1) is 22.4. The number of nitrogens with zero attached hydrogens (tertiary/aromatic N) is 2. The van der Waals surface area contributed by atoms with Crippen LogP contribution in [0.2, 0.25) is 0 Å². The molecule has 2 aliphatic carbocycles. The number of aromatic nitrogens is 1. The summed E-state index contributed by atoms with van der Waals surface area (Å²) >= 11 is 0. The molecule has 8 nitrogen and oxygen atoms in total. The molecule has 2 saturated carbocycles. The van der Waals surface area contributed by atoms with Crippen LogP contribution in [0.25, 0.3) is 22.2 Å². The van der Waals surface area contributed by atoms with E-state index >= 15 is 0 Å². The zero-order valence-electron chi connectivity index (χ0n) is 19.3. The van der Waals surface area contributed by atoms with Gasteiger partial charge >= 0.3 is 0 Å². The first-order valence-corrected chi connectivity index (χ1v) is 13.6. The van der Waals surface area contributed by atoms with Crippen LogP contribution in [-0.2, 0) is 19.5 Å². The number of benzene rings is 2. The van der Waals surface area contributed by atoms with Gasteiger partial charge in [0.25, 0.3) is 0 Å². The highest BCUT2D eigenvalue weighted by atomic mass is 32.2.